The second kappa shape index (κ2) is 8.70. The predicted octanol–water partition coefficient (Wildman–Crippen LogP) is 3.73. The minimum Gasteiger partial charge on any atom is -0.274 e. The summed E-state index contributed by atoms with van der Waals surface area (Å²) >= 11 is 0. The van der Waals surface area contributed by atoms with Crippen molar-refractivity contribution in [3.05, 3.63) is 60.7 Å². The molecular weight excluding hydrogens is 400 g/mol. The van der Waals surface area contributed by atoms with Crippen molar-refractivity contribution in [3.8, 4) is 0 Å². The monoisotopic (exact) mass is 426 g/mol. The number of nitrogens with zero attached hydrogens (tertiary/aromatic N) is 2. The van der Waals surface area contributed by atoms with E-state index in [1.165, 1.54) is 4.31 Å². The first kappa shape index (κ1) is 20.8. The van der Waals surface area contributed by atoms with Gasteiger partial charge in [-0.1, -0.05) is 62.1 Å². The number of hydrogen-bond donors (Lipinski definition) is 0. The molecule has 1 aliphatic heterocycles. The van der Waals surface area contributed by atoms with Crippen molar-refractivity contribution in [2.75, 3.05) is 4.90 Å². The third-order valence-electron chi connectivity index (χ3n) is 5.95. The highest BCUT2D eigenvalue weighted by atomic mass is 32.2. The van der Waals surface area contributed by atoms with Gasteiger partial charge in [0.2, 0.25) is 15.9 Å². The molecule has 2 aromatic rings. The number of anilines is 1. The van der Waals surface area contributed by atoms with E-state index in [4.69, 9.17) is 0 Å². The number of imide groups is 1. The summed E-state index contributed by atoms with van der Waals surface area (Å²) in [7, 11) is -3.93. The number of benzene rings is 2. The Bertz CT molecular complexity index is 1000. The van der Waals surface area contributed by atoms with Gasteiger partial charge in [-0.15, -0.1) is 0 Å². The number of carbonyl (C=O) groups excluding carboxylic acids is 2. The summed E-state index contributed by atoms with van der Waals surface area (Å²) in [4.78, 5) is 27.5. The Hall–Kier alpha value is -2.51. The van der Waals surface area contributed by atoms with Crippen LogP contribution in [-0.4, -0.2) is 36.6 Å². The standard InChI is InChI=1S/C23H26N2O4S/c26-22-17-21(23(27)24(22)18-11-7-3-8-12-18)25(19-13-5-1-2-6-14-19)30(28,29)20-15-9-4-10-16-20/h3-4,7-12,15-16,19,21H,1-2,5-6,13-14,17H2. The Kier molecular flexibility index (Phi) is 6.01. The Morgan fingerprint density at radius 1 is 0.800 bits per heavy atom. The van der Waals surface area contributed by atoms with Crippen molar-refractivity contribution in [1.29, 1.82) is 0 Å². The zero-order chi connectivity index (χ0) is 21.1. The van der Waals surface area contributed by atoms with Gasteiger partial charge in [-0.05, 0) is 37.1 Å². The second-order valence-corrected chi connectivity index (χ2v) is 9.76. The fraction of sp³-hybridized carbons (Fsp3) is 0.391. The molecule has 1 heterocycles. The maximum absolute atomic E-state index is 13.7. The highest BCUT2D eigenvalue weighted by Gasteiger charge is 2.49. The lowest BCUT2D eigenvalue weighted by molar-refractivity contribution is -0.122. The van der Waals surface area contributed by atoms with Gasteiger partial charge in [-0.25, -0.2) is 13.3 Å². The van der Waals surface area contributed by atoms with Gasteiger partial charge < -0.3 is 0 Å². The van der Waals surface area contributed by atoms with Crippen LogP contribution in [0.5, 0.6) is 0 Å². The van der Waals surface area contributed by atoms with Gasteiger partial charge in [0.1, 0.15) is 6.04 Å². The molecule has 2 aliphatic rings. The van der Waals surface area contributed by atoms with E-state index in [0.29, 0.717) is 18.5 Å². The molecule has 0 bridgehead atoms. The smallest absolute Gasteiger partial charge is 0.252 e. The lowest BCUT2D eigenvalue weighted by Crippen LogP contribution is -2.50. The number of sulfonamides is 1. The number of para-hydroxylation sites is 1. The van der Waals surface area contributed by atoms with E-state index >= 15 is 0 Å². The summed E-state index contributed by atoms with van der Waals surface area (Å²) in [6.45, 7) is 0. The molecule has 2 fully saturated rings. The van der Waals surface area contributed by atoms with Crippen LogP contribution in [0.3, 0.4) is 0 Å². The molecule has 0 spiro atoms. The molecule has 7 heteroatoms. The first-order valence-corrected chi connectivity index (χ1v) is 11.9. The molecule has 1 atom stereocenters. The average molecular weight is 427 g/mol. The van der Waals surface area contributed by atoms with E-state index in [1.54, 1.807) is 54.6 Å². The molecule has 0 N–H and O–H groups in total. The van der Waals surface area contributed by atoms with Crippen LogP contribution < -0.4 is 4.90 Å². The van der Waals surface area contributed by atoms with Crippen molar-refractivity contribution in [1.82, 2.24) is 4.31 Å². The maximum Gasteiger partial charge on any atom is 0.252 e. The number of carbonyl (C=O) groups is 2. The van der Waals surface area contributed by atoms with E-state index in [0.717, 1.165) is 30.6 Å². The van der Waals surface area contributed by atoms with Crippen molar-refractivity contribution in [2.24, 2.45) is 0 Å². The highest BCUT2D eigenvalue weighted by Crippen LogP contribution is 2.34. The van der Waals surface area contributed by atoms with E-state index in [-0.39, 0.29) is 23.3 Å². The molecule has 158 valence electrons. The molecule has 2 aromatic carbocycles. The molecule has 0 radical (unpaired) electrons. The summed E-state index contributed by atoms with van der Waals surface area (Å²) in [6, 6.07) is 15.6. The quantitative estimate of drug-likeness (QED) is 0.539. The van der Waals surface area contributed by atoms with Crippen LogP contribution in [-0.2, 0) is 19.6 Å². The summed E-state index contributed by atoms with van der Waals surface area (Å²) in [5, 5.41) is 0. The van der Waals surface area contributed by atoms with Crippen molar-refractivity contribution >= 4 is 27.5 Å². The largest absolute Gasteiger partial charge is 0.274 e. The minimum absolute atomic E-state index is 0.129. The van der Waals surface area contributed by atoms with Crippen LogP contribution in [0.1, 0.15) is 44.9 Å². The molecule has 1 aliphatic carbocycles. The Morgan fingerprint density at radius 3 is 1.97 bits per heavy atom. The van der Waals surface area contributed by atoms with E-state index in [2.05, 4.69) is 0 Å². The van der Waals surface area contributed by atoms with Gasteiger partial charge in [0.05, 0.1) is 17.0 Å². The Morgan fingerprint density at radius 2 is 1.37 bits per heavy atom. The Labute approximate surface area is 177 Å². The van der Waals surface area contributed by atoms with Crippen LogP contribution in [0, 0.1) is 0 Å². The zero-order valence-electron chi connectivity index (χ0n) is 16.8. The van der Waals surface area contributed by atoms with Crippen molar-refractivity contribution in [3.63, 3.8) is 0 Å². The highest BCUT2D eigenvalue weighted by molar-refractivity contribution is 7.89. The zero-order valence-corrected chi connectivity index (χ0v) is 17.6. The molecule has 1 saturated heterocycles. The van der Waals surface area contributed by atoms with E-state index in [1.807, 2.05) is 6.07 Å². The first-order valence-electron chi connectivity index (χ1n) is 10.5. The molecule has 30 heavy (non-hydrogen) atoms. The van der Waals surface area contributed by atoms with Crippen LogP contribution >= 0.6 is 0 Å². The van der Waals surface area contributed by atoms with Gasteiger partial charge in [-0.2, -0.15) is 4.31 Å². The van der Waals surface area contributed by atoms with Gasteiger partial charge >= 0.3 is 0 Å². The summed E-state index contributed by atoms with van der Waals surface area (Å²) in [6.07, 6.45) is 5.24. The summed E-state index contributed by atoms with van der Waals surface area (Å²) in [5.41, 5.74) is 0.480. The van der Waals surface area contributed by atoms with Crippen LogP contribution in [0.15, 0.2) is 65.6 Å². The third-order valence-corrected chi connectivity index (χ3v) is 7.92. The topological polar surface area (TPSA) is 74.8 Å². The molecular formula is C23H26N2O4S. The number of hydrogen-bond acceptors (Lipinski definition) is 4. The number of rotatable bonds is 5. The van der Waals surface area contributed by atoms with Crippen LogP contribution in [0.4, 0.5) is 5.69 Å². The second-order valence-electron chi connectivity index (χ2n) is 7.92. The molecule has 0 aromatic heterocycles. The first-order chi connectivity index (χ1) is 14.5. The maximum atomic E-state index is 13.7. The normalized spacial score (nSPS) is 21.2. The fourth-order valence-electron chi connectivity index (χ4n) is 4.51. The summed E-state index contributed by atoms with van der Waals surface area (Å²) < 4.78 is 28.7. The van der Waals surface area contributed by atoms with Crippen LogP contribution in [0.25, 0.3) is 0 Å². The van der Waals surface area contributed by atoms with E-state index in [9.17, 15) is 18.0 Å². The molecule has 4 rings (SSSR count). The van der Waals surface area contributed by atoms with Crippen LogP contribution in [0.2, 0.25) is 0 Å². The van der Waals surface area contributed by atoms with Gasteiger partial charge in [-0.3, -0.25) is 9.59 Å². The molecule has 2 amide bonds. The average Bonchev–Trinajstić information content (AvgIpc) is 2.92. The Balaban J connectivity index is 1.74. The van der Waals surface area contributed by atoms with Gasteiger partial charge in [0.15, 0.2) is 0 Å². The number of amides is 2. The lowest BCUT2D eigenvalue weighted by Gasteiger charge is -2.33. The predicted molar refractivity (Wildman–Crippen MR) is 114 cm³/mol. The van der Waals surface area contributed by atoms with Gasteiger partial charge in [0.25, 0.3) is 5.91 Å². The lowest BCUT2D eigenvalue weighted by atomic mass is 10.1. The van der Waals surface area contributed by atoms with Crippen molar-refractivity contribution in [2.45, 2.75) is 61.9 Å². The van der Waals surface area contributed by atoms with Crippen molar-refractivity contribution < 1.29 is 18.0 Å². The minimum atomic E-state index is -3.93. The van der Waals surface area contributed by atoms with Gasteiger partial charge in [0, 0.05) is 6.04 Å². The summed E-state index contributed by atoms with van der Waals surface area (Å²) in [5.74, 6) is -0.826. The molecule has 6 nitrogen and oxygen atoms in total. The SMILES string of the molecule is O=C1CC(N(C2CCCCCC2)S(=O)(=O)c2ccccc2)C(=O)N1c1ccccc1. The fourth-order valence-corrected chi connectivity index (χ4v) is 6.36. The third kappa shape index (κ3) is 3.91. The molecule has 1 saturated carbocycles. The van der Waals surface area contributed by atoms with E-state index < -0.39 is 22.0 Å². The molecule has 1 unspecified atom stereocenters.